The van der Waals surface area contributed by atoms with Crippen LogP contribution in [0.5, 0.6) is 5.75 Å². The second-order valence-corrected chi connectivity index (χ2v) is 9.48. The van der Waals surface area contributed by atoms with Crippen molar-refractivity contribution >= 4 is 27.1 Å². The van der Waals surface area contributed by atoms with Crippen LogP contribution in [0.15, 0.2) is 54.6 Å². The molecule has 1 fully saturated rings. The summed E-state index contributed by atoms with van der Waals surface area (Å²) in [5.74, 6) is -4.01. The Hall–Kier alpha value is -3.41. The van der Waals surface area contributed by atoms with Crippen LogP contribution in [0.1, 0.15) is 12.8 Å². The van der Waals surface area contributed by atoms with E-state index in [1.807, 2.05) is 0 Å². The van der Waals surface area contributed by atoms with Gasteiger partial charge in [0.15, 0.2) is 11.6 Å². The Morgan fingerprint density at radius 1 is 0.824 bits per heavy atom. The molecule has 3 aromatic carbocycles. The first-order valence-electron chi connectivity index (χ1n) is 9.85. The molecule has 180 valence electrons. The molecule has 0 amide bonds. The summed E-state index contributed by atoms with van der Waals surface area (Å²) in [4.78, 5) is 0. The van der Waals surface area contributed by atoms with Crippen molar-refractivity contribution in [2.75, 3.05) is 10.0 Å². The lowest BCUT2D eigenvalue weighted by Crippen LogP contribution is -2.18. The number of benzene rings is 3. The molecule has 0 unspecified atom stereocenters. The van der Waals surface area contributed by atoms with Gasteiger partial charge in [-0.25, -0.2) is 21.6 Å². The predicted octanol–water partition coefficient (Wildman–Crippen LogP) is 6.32. The van der Waals surface area contributed by atoms with E-state index in [1.54, 1.807) is 0 Å². The highest BCUT2D eigenvalue weighted by Crippen LogP contribution is 2.36. The molecule has 1 aliphatic carbocycles. The van der Waals surface area contributed by atoms with Gasteiger partial charge in [-0.15, -0.1) is 13.2 Å². The van der Waals surface area contributed by atoms with Gasteiger partial charge in [-0.1, -0.05) is 18.2 Å². The van der Waals surface area contributed by atoms with E-state index in [9.17, 15) is 34.8 Å². The van der Waals surface area contributed by atoms with E-state index in [2.05, 4.69) is 14.8 Å². The van der Waals surface area contributed by atoms with Gasteiger partial charge in [0.05, 0.1) is 16.6 Å². The van der Waals surface area contributed by atoms with Gasteiger partial charge in [0.2, 0.25) is 10.0 Å². The summed E-state index contributed by atoms with van der Waals surface area (Å²) < 4.78 is 110. The minimum atomic E-state index is -4.85. The molecular weight excluding hydrogens is 486 g/mol. The van der Waals surface area contributed by atoms with E-state index in [-0.39, 0.29) is 16.9 Å². The zero-order valence-electron chi connectivity index (χ0n) is 17.1. The molecule has 2 N–H and O–H groups in total. The highest BCUT2D eigenvalue weighted by Gasteiger charge is 2.36. The minimum Gasteiger partial charge on any atom is -0.406 e. The minimum absolute atomic E-state index is 0.280. The van der Waals surface area contributed by atoms with Gasteiger partial charge in [0.25, 0.3) is 0 Å². The maximum absolute atomic E-state index is 14.8. The van der Waals surface area contributed by atoms with Crippen molar-refractivity contribution in [3.8, 4) is 16.9 Å². The second kappa shape index (κ2) is 8.75. The third-order valence-corrected chi connectivity index (χ3v) is 6.81. The number of nitrogens with one attached hydrogen (secondary N) is 2. The summed E-state index contributed by atoms with van der Waals surface area (Å²) >= 11 is 0. The average molecular weight is 502 g/mol. The van der Waals surface area contributed by atoms with Gasteiger partial charge < -0.3 is 10.1 Å². The molecule has 0 bridgehead atoms. The Balaban J connectivity index is 1.59. The Bertz CT molecular complexity index is 1320. The molecule has 34 heavy (non-hydrogen) atoms. The summed E-state index contributed by atoms with van der Waals surface area (Å²) in [7, 11) is -3.81. The summed E-state index contributed by atoms with van der Waals surface area (Å²) in [5.41, 5.74) is -0.498. The fourth-order valence-corrected chi connectivity index (χ4v) is 4.55. The zero-order valence-corrected chi connectivity index (χ0v) is 17.9. The molecule has 5 nitrogen and oxygen atoms in total. The number of hydrogen-bond donors (Lipinski definition) is 2. The fraction of sp³-hybridized carbons (Fsp3) is 0.182. The predicted molar refractivity (Wildman–Crippen MR) is 114 cm³/mol. The molecular formula is C22H16F6N2O3S. The molecule has 0 spiro atoms. The fourth-order valence-electron chi connectivity index (χ4n) is 3.15. The second-order valence-electron chi connectivity index (χ2n) is 7.52. The third-order valence-electron chi connectivity index (χ3n) is 4.96. The molecule has 3 aromatic rings. The van der Waals surface area contributed by atoms with Crippen LogP contribution in [0, 0.1) is 17.5 Å². The number of halogens is 6. The highest BCUT2D eigenvalue weighted by molar-refractivity contribution is 7.93. The van der Waals surface area contributed by atoms with Crippen LogP contribution in [0.4, 0.5) is 43.4 Å². The van der Waals surface area contributed by atoms with Crippen molar-refractivity contribution in [2.45, 2.75) is 24.5 Å². The van der Waals surface area contributed by atoms with Gasteiger partial charge in [-0.05, 0) is 60.4 Å². The van der Waals surface area contributed by atoms with Crippen LogP contribution in [0.2, 0.25) is 0 Å². The molecule has 0 aromatic heterocycles. The van der Waals surface area contributed by atoms with Crippen molar-refractivity contribution in [1.82, 2.24) is 0 Å². The Labute approximate surface area is 190 Å². The van der Waals surface area contributed by atoms with Gasteiger partial charge in [-0.2, -0.15) is 0 Å². The van der Waals surface area contributed by atoms with E-state index >= 15 is 0 Å². The average Bonchev–Trinajstić information content (AvgIpc) is 3.60. The van der Waals surface area contributed by atoms with Crippen molar-refractivity contribution in [3.63, 3.8) is 0 Å². The normalized spacial score (nSPS) is 14.1. The van der Waals surface area contributed by atoms with E-state index in [1.165, 1.54) is 24.3 Å². The summed E-state index contributed by atoms with van der Waals surface area (Å²) in [5, 5.41) is 1.76. The number of hydrogen-bond acceptors (Lipinski definition) is 4. The van der Waals surface area contributed by atoms with Crippen LogP contribution in [-0.2, 0) is 10.0 Å². The van der Waals surface area contributed by atoms with Gasteiger partial charge >= 0.3 is 6.36 Å². The standard InChI is InChI=1S/C22H16F6N2O3S/c23-16-8-10-19(30-34(31,32)15-6-7-15)21(20(16)25)29-18-9-3-13(11-17(18)24)12-1-4-14(5-2-12)33-22(26,27)28/h1-5,8-11,15,29-30H,6-7H2. The lowest BCUT2D eigenvalue weighted by molar-refractivity contribution is -0.274. The first-order valence-corrected chi connectivity index (χ1v) is 11.4. The number of rotatable bonds is 7. The first-order chi connectivity index (χ1) is 15.9. The molecule has 0 saturated heterocycles. The lowest BCUT2D eigenvalue weighted by atomic mass is 10.0. The van der Waals surface area contributed by atoms with Crippen molar-refractivity contribution in [3.05, 3.63) is 72.0 Å². The van der Waals surface area contributed by atoms with Crippen LogP contribution in [0.25, 0.3) is 11.1 Å². The topological polar surface area (TPSA) is 67.4 Å². The third kappa shape index (κ3) is 5.38. The number of alkyl halides is 3. The number of anilines is 3. The summed E-state index contributed by atoms with van der Waals surface area (Å²) in [6, 6.07) is 10.1. The highest BCUT2D eigenvalue weighted by atomic mass is 32.2. The van der Waals surface area contributed by atoms with Crippen molar-refractivity contribution in [2.24, 2.45) is 0 Å². The van der Waals surface area contributed by atoms with Crippen LogP contribution in [0.3, 0.4) is 0 Å². The molecule has 0 aliphatic heterocycles. The largest absolute Gasteiger partial charge is 0.573 e. The van der Waals surface area contributed by atoms with E-state index in [0.717, 1.165) is 30.3 Å². The maximum Gasteiger partial charge on any atom is 0.573 e. The Morgan fingerprint density at radius 2 is 1.44 bits per heavy atom. The Morgan fingerprint density at radius 3 is 2.03 bits per heavy atom. The molecule has 0 atom stereocenters. The molecule has 0 heterocycles. The molecule has 4 rings (SSSR count). The SMILES string of the molecule is O=S(=O)(Nc1ccc(F)c(F)c1Nc1ccc(-c2ccc(OC(F)(F)F)cc2)cc1F)C1CC1. The lowest BCUT2D eigenvalue weighted by Gasteiger charge is -2.16. The van der Waals surface area contributed by atoms with Crippen molar-refractivity contribution < 1.29 is 39.5 Å². The van der Waals surface area contributed by atoms with Crippen LogP contribution in [-0.4, -0.2) is 20.0 Å². The number of sulfonamides is 1. The van der Waals surface area contributed by atoms with Gasteiger partial charge in [-0.3, -0.25) is 4.72 Å². The maximum atomic E-state index is 14.8. The number of ether oxygens (including phenoxy) is 1. The first kappa shape index (κ1) is 23.7. The van der Waals surface area contributed by atoms with E-state index in [4.69, 9.17) is 0 Å². The zero-order chi connectivity index (χ0) is 24.7. The van der Waals surface area contributed by atoms with Crippen LogP contribution >= 0.6 is 0 Å². The van der Waals surface area contributed by atoms with Gasteiger partial charge in [0, 0.05) is 0 Å². The summed E-state index contributed by atoms with van der Waals surface area (Å²) in [6.07, 6.45) is -3.96. The monoisotopic (exact) mass is 502 g/mol. The molecule has 1 aliphatic rings. The van der Waals surface area contributed by atoms with Crippen LogP contribution < -0.4 is 14.8 Å². The molecule has 1 saturated carbocycles. The van der Waals surface area contributed by atoms with E-state index < -0.39 is 50.5 Å². The van der Waals surface area contributed by atoms with Gasteiger partial charge in [0.1, 0.15) is 17.3 Å². The Kier molecular flexibility index (Phi) is 6.11. The van der Waals surface area contributed by atoms with Crippen molar-refractivity contribution in [1.29, 1.82) is 0 Å². The van der Waals surface area contributed by atoms with E-state index in [0.29, 0.717) is 18.4 Å². The molecule has 0 radical (unpaired) electrons. The quantitative estimate of drug-likeness (QED) is 0.371. The molecule has 12 heteroatoms. The smallest absolute Gasteiger partial charge is 0.406 e. The summed E-state index contributed by atoms with van der Waals surface area (Å²) in [6.45, 7) is 0.